The quantitative estimate of drug-likeness (QED) is 0.847. The predicted octanol–water partition coefficient (Wildman–Crippen LogP) is 1.44. The molecule has 0 atom stereocenters. The van der Waals surface area contributed by atoms with Crippen LogP contribution in [0.3, 0.4) is 0 Å². The first-order chi connectivity index (χ1) is 8.35. The number of aromatic nitrogens is 2. The van der Waals surface area contributed by atoms with Gasteiger partial charge in [0.2, 0.25) is 0 Å². The van der Waals surface area contributed by atoms with Gasteiger partial charge in [0.15, 0.2) is 0 Å². The van der Waals surface area contributed by atoms with Gasteiger partial charge in [-0.1, -0.05) is 18.2 Å². The molecule has 0 saturated carbocycles. The van der Waals surface area contributed by atoms with Gasteiger partial charge in [-0.3, -0.25) is 0 Å². The SMILES string of the molecule is COc1ccccc1Cc1nccn1CCN. The van der Waals surface area contributed by atoms with E-state index in [1.807, 2.05) is 24.4 Å². The van der Waals surface area contributed by atoms with Crippen molar-refractivity contribution in [2.24, 2.45) is 5.73 Å². The van der Waals surface area contributed by atoms with Crippen LogP contribution in [-0.2, 0) is 13.0 Å². The Morgan fingerprint density at radius 3 is 2.94 bits per heavy atom. The standard InChI is InChI=1S/C13H17N3O/c1-17-12-5-3-2-4-11(12)10-13-15-7-9-16(13)8-6-14/h2-5,7,9H,6,8,10,14H2,1H3. The van der Waals surface area contributed by atoms with Gasteiger partial charge in [-0.15, -0.1) is 0 Å². The van der Waals surface area contributed by atoms with Gasteiger partial charge in [-0.2, -0.15) is 0 Å². The van der Waals surface area contributed by atoms with Gasteiger partial charge < -0.3 is 15.0 Å². The Morgan fingerprint density at radius 1 is 1.35 bits per heavy atom. The molecule has 0 saturated heterocycles. The number of ether oxygens (including phenoxy) is 1. The zero-order chi connectivity index (χ0) is 12.1. The van der Waals surface area contributed by atoms with E-state index in [4.69, 9.17) is 10.5 Å². The lowest BCUT2D eigenvalue weighted by Crippen LogP contribution is -2.12. The van der Waals surface area contributed by atoms with E-state index in [-0.39, 0.29) is 0 Å². The van der Waals surface area contributed by atoms with Gasteiger partial charge >= 0.3 is 0 Å². The summed E-state index contributed by atoms with van der Waals surface area (Å²) in [4.78, 5) is 4.36. The van der Waals surface area contributed by atoms with Crippen LogP contribution >= 0.6 is 0 Å². The zero-order valence-electron chi connectivity index (χ0n) is 9.97. The molecule has 0 amide bonds. The highest BCUT2D eigenvalue weighted by molar-refractivity contribution is 5.35. The summed E-state index contributed by atoms with van der Waals surface area (Å²) in [5.74, 6) is 1.91. The van der Waals surface area contributed by atoms with Crippen molar-refractivity contribution in [2.45, 2.75) is 13.0 Å². The van der Waals surface area contributed by atoms with E-state index < -0.39 is 0 Å². The number of hydrogen-bond acceptors (Lipinski definition) is 3. The van der Waals surface area contributed by atoms with Crippen molar-refractivity contribution in [2.75, 3.05) is 13.7 Å². The highest BCUT2D eigenvalue weighted by atomic mass is 16.5. The topological polar surface area (TPSA) is 53.1 Å². The number of methoxy groups -OCH3 is 1. The van der Waals surface area contributed by atoms with E-state index in [1.54, 1.807) is 13.3 Å². The van der Waals surface area contributed by atoms with Crippen molar-refractivity contribution < 1.29 is 4.74 Å². The normalized spacial score (nSPS) is 10.5. The monoisotopic (exact) mass is 231 g/mol. The molecule has 4 nitrogen and oxygen atoms in total. The van der Waals surface area contributed by atoms with Crippen molar-refractivity contribution >= 4 is 0 Å². The molecule has 90 valence electrons. The molecule has 2 N–H and O–H groups in total. The summed E-state index contributed by atoms with van der Waals surface area (Å²) in [6, 6.07) is 7.99. The summed E-state index contributed by atoms with van der Waals surface area (Å²) in [5, 5.41) is 0. The van der Waals surface area contributed by atoms with Crippen molar-refractivity contribution in [3.05, 3.63) is 48.0 Å². The van der Waals surface area contributed by atoms with E-state index in [9.17, 15) is 0 Å². The van der Waals surface area contributed by atoms with Crippen LogP contribution in [0.5, 0.6) is 5.75 Å². The lowest BCUT2D eigenvalue weighted by atomic mass is 10.1. The molecular formula is C13H17N3O. The van der Waals surface area contributed by atoms with Crippen LogP contribution in [0.2, 0.25) is 0 Å². The largest absolute Gasteiger partial charge is 0.496 e. The molecule has 2 aromatic rings. The molecule has 0 aliphatic rings. The van der Waals surface area contributed by atoms with Crippen LogP contribution in [0.25, 0.3) is 0 Å². The summed E-state index contributed by atoms with van der Waals surface area (Å²) in [6.07, 6.45) is 4.52. The molecule has 17 heavy (non-hydrogen) atoms. The number of nitrogens with two attached hydrogens (primary N) is 1. The summed E-state index contributed by atoms with van der Waals surface area (Å²) < 4.78 is 7.41. The maximum Gasteiger partial charge on any atom is 0.122 e. The van der Waals surface area contributed by atoms with Crippen LogP contribution in [0, 0.1) is 0 Å². The highest BCUT2D eigenvalue weighted by Gasteiger charge is 2.07. The van der Waals surface area contributed by atoms with Crippen molar-refractivity contribution in [1.29, 1.82) is 0 Å². The van der Waals surface area contributed by atoms with Gasteiger partial charge in [-0.25, -0.2) is 4.98 Å². The minimum absolute atomic E-state index is 0.620. The smallest absolute Gasteiger partial charge is 0.122 e. The van der Waals surface area contributed by atoms with Crippen molar-refractivity contribution in [1.82, 2.24) is 9.55 Å². The third kappa shape index (κ3) is 2.65. The number of hydrogen-bond donors (Lipinski definition) is 1. The summed E-state index contributed by atoms with van der Waals surface area (Å²) in [6.45, 7) is 1.42. The lowest BCUT2D eigenvalue weighted by molar-refractivity contribution is 0.410. The molecule has 0 fully saturated rings. The summed E-state index contributed by atoms with van der Waals surface area (Å²) in [5.41, 5.74) is 6.70. The van der Waals surface area contributed by atoms with Gasteiger partial charge in [0.25, 0.3) is 0 Å². The second-order valence-corrected chi connectivity index (χ2v) is 3.81. The van der Waals surface area contributed by atoms with E-state index in [0.717, 1.165) is 30.1 Å². The fourth-order valence-electron chi connectivity index (χ4n) is 1.87. The van der Waals surface area contributed by atoms with E-state index >= 15 is 0 Å². The van der Waals surface area contributed by atoms with Crippen LogP contribution in [0.15, 0.2) is 36.7 Å². The molecule has 0 bridgehead atoms. The summed E-state index contributed by atoms with van der Waals surface area (Å²) >= 11 is 0. The molecule has 1 aromatic carbocycles. The first-order valence-corrected chi connectivity index (χ1v) is 5.67. The average molecular weight is 231 g/mol. The van der Waals surface area contributed by atoms with Crippen LogP contribution in [0.4, 0.5) is 0 Å². The highest BCUT2D eigenvalue weighted by Crippen LogP contribution is 2.20. The minimum atomic E-state index is 0.620. The Bertz CT molecular complexity index is 479. The van der Waals surface area contributed by atoms with Gasteiger partial charge in [0, 0.05) is 37.5 Å². The van der Waals surface area contributed by atoms with Gasteiger partial charge in [-0.05, 0) is 6.07 Å². The molecule has 0 radical (unpaired) electrons. The summed E-state index contributed by atoms with van der Waals surface area (Å²) in [7, 11) is 1.69. The molecule has 0 aliphatic heterocycles. The Labute approximate surface area is 101 Å². The third-order valence-corrected chi connectivity index (χ3v) is 2.71. The molecule has 1 aromatic heterocycles. The van der Waals surface area contributed by atoms with Gasteiger partial charge in [0.05, 0.1) is 7.11 Å². The number of benzene rings is 1. The maximum atomic E-state index is 5.56. The molecule has 2 rings (SSSR count). The number of para-hydroxylation sites is 1. The zero-order valence-corrected chi connectivity index (χ0v) is 9.97. The van der Waals surface area contributed by atoms with E-state index in [1.165, 1.54) is 0 Å². The Balaban J connectivity index is 2.22. The first kappa shape index (κ1) is 11.7. The van der Waals surface area contributed by atoms with Gasteiger partial charge in [0.1, 0.15) is 11.6 Å². The second-order valence-electron chi connectivity index (χ2n) is 3.81. The number of imidazole rings is 1. The molecule has 1 heterocycles. The first-order valence-electron chi connectivity index (χ1n) is 5.67. The second kappa shape index (κ2) is 5.50. The van der Waals surface area contributed by atoms with Crippen LogP contribution in [-0.4, -0.2) is 23.2 Å². The fraction of sp³-hybridized carbons (Fsp3) is 0.308. The van der Waals surface area contributed by atoms with Crippen molar-refractivity contribution in [3.63, 3.8) is 0 Å². The Hall–Kier alpha value is -1.81. The van der Waals surface area contributed by atoms with Crippen LogP contribution < -0.4 is 10.5 Å². The maximum absolute atomic E-state index is 5.56. The van der Waals surface area contributed by atoms with E-state index in [0.29, 0.717) is 6.54 Å². The number of rotatable bonds is 5. The Morgan fingerprint density at radius 2 is 2.18 bits per heavy atom. The van der Waals surface area contributed by atoms with Crippen LogP contribution in [0.1, 0.15) is 11.4 Å². The fourth-order valence-corrected chi connectivity index (χ4v) is 1.87. The number of nitrogens with zero attached hydrogens (tertiary/aromatic N) is 2. The predicted molar refractivity (Wildman–Crippen MR) is 67.1 cm³/mol. The molecular weight excluding hydrogens is 214 g/mol. The minimum Gasteiger partial charge on any atom is -0.496 e. The van der Waals surface area contributed by atoms with E-state index in [2.05, 4.69) is 15.6 Å². The van der Waals surface area contributed by atoms with Crippen molar-refractivity contribution in [3.8, 4) is 5.75 Å². The average Bonchev–Trinajstić information content (AvgIpc) is 2.78. The third-order valence-electron chi connectivity index (χ3n) is 2.71. The lowest BCUT2D eigenvalue weighted by Gasteiger charge is -2.09. The molecule has 0 spiro atoms. The molecule has 4 heteroatoms. The molecule has 0 aliphatic carbocycles. The molecule has 0 unspecified atom stereocenters. The Kier molecular flexibility index (Phi) is 3.77.